The van der Waals surface area contributed by atoms with Gasteiger partial charge < -0.3 is 36.7 Å². The van der Waals surface area contributed by atoms with Crippen LogP contribution in [0.3, 0.4) is 0 Å². The molecule has 0 aliphatic heterocycles. The van der Waals surface area contributed by atoms with Crippen molar-refractivity contribution in [3.05, 3.63) is 20.1 Å². The van der Waals surface area contributed by atoms with Crippen LogP contribution in [0, 0.1) is 7.40 Å². The van der Waals surface area contributed by atoms with Crippen LogP contribution in [0.4, 0.5) is 21.2 Å². The van der Waals surface area contributed by atoms with Crippen molar-refractivity contribution in [2.45, 2.75) is 110 Å². The molecular formula is C29H44I2N12O5. The van der Waals surface area contributed by atoms with Crippen molar-refractivity contribution in [1.29, 1.82) is 0 Å². The average Bonchev–Trinajstić information content (AvgIpc) is 3.45. The smallest absolute Gasteiger partial charge is 0.407 e. The van der Waals surface area contributed by atoms with E-state index in [4.69, 9.17) is 26.0 Å². The topological polar surface area (TPSA) is 247 Å². The van der Waals surface area contributed by atoms with Crippen LogP contribution in [0.1, 0.15) is 80.7 Å². The highest BCUT2D eigenvalue weighted by molar-refractivity contribution is 14.1. The summed E-state index contributed by atoms with van der Waals surface area (Å²) in [6.07, 6.45) is 4.66. The van der Waals surface area contributed by atoms with Gasteiger partial charge in [0.2, 0.25) is 0 Å². The van der Waals surface area contributed by atoms with E-state index in [1.807, 2.05) is 46.2 Å². The number of aliphatic hydroxyl groups excluding tert-OH is 1. The van der Waals surface area contributed by atoms with Gasteiger partial charge in [0.1, 0.15) is 42.9 Å². The summed E-state index contributed by atoms with van der Waals surface area (Å²) in [5, 5.41) is 27.3. The first-order valence-electron chi connectivity index (χ1n) is 14.8. The van der Waals surface area contributed by atoms with Crippen LogP contribution in [0.15, 0.2) is 12.7 Å². The van der Waals surface area contributed by atoms with E-state index in [0.29, 0.717) is 30.1 Å². The van der Waals surface area contributed by atoms with Crippen molar-refractivity contribution in [3.8, 4) is 0 Å². The predicted molar refractivity (Wildman–Crippen MR) is 198 cm³/mol. The van der Waals surface area contributed by atoms with Gasteiger partial charge in [0.15, 0.2) is 11.3 Å². The first-order valence-corrected chi connectivity index (χ1v) is 17.0. The van der Waals surface area contributed by atoms with E-state index in [1.54, 1.807) is 0 Å². The molecule has 6 rings (SSSR count). The maximum atomic E-state index is 11.8. The number of nitrogens with one attached hydrogen (secondary N) is 3. The third kappa shape index (κ3) is 10.6. The molecular weight excluding hydrogens is 850 g/mol. The van der Waals surface area contributed by atoms with Crippen LogP contribution >= 0.6 is 45.2 Å². The number of carbonyl (C=O) groups is 2. The zero-order chi connectivity index (χ0) is 34.7. The molecule has 8 N–H and O–H groups in total. The van der Waals surface area contributed by atoms with Crippen molar-refractivity contribution < 1.29 is 24.2 Å². The minimum Gasteiger partial charge on any atom is -0.444 e. The number of nitrogens with two attached hydrogens (primary N) is 2. The Bertz CT molecular complexity index is 1710. The van der Waals surface area contributed by atoms with Gasteiger partial charge in [-0.05, 0) is 112 Å². The number of amides is 2. The van der Waals surface area contributed by atoms with Gasteiger partial charge in [-0.1, -0.05) is 7.43 Å². The highest BCUT2D eigenvalue weighted by Gasteiger charge is 2.35. The summed E-state index contributed by atoms with van der Waals surface area (Å²) < 4.78 is 13.9. The number of aromatic nitrogens is 8. The molecule has 0 spiro atoms. The second kappa shape index (κ2) is 15.9. The minimum atomic E-state index is -0.490. The Kier molecular flexibility index (Phi) is 13.0. The van der Waals surface area contributed by atoms with Gasteiger partial charge in [-0.15, -0.1) is 0 Å². The van der Waals surface area contributed by atoms with Gasteiger partial charge in [0.05, 0.1) is 22.9 Å². The van der Waals surface area contributed by atoms with E-state index in [9.17, 15) is 9.59 Å². The Hall–Kier alpha value is -3.34. The molecule has 2 aliphatic rings. The molecule has 17 nitrogen and oxygen atoms in total. The monoisotopic (exact) mass is 894 g/mol. The fraction of sp³-hybridized carbons (Fsp3) is 0.586. The fourth-order valence-electron chi connectivity index (χ4n) is 4.61. The van der Waals surface area contributed by atoms with Crippen LogP contribution in [0.2, 0.25) is 0 Å². The molecule has 0 aromatic carbocycles. The number of carbonyl (C=O) groups excluding carboxylic acids is 2. The number of hydrogen-bond donors (Lipinski definition) is 6. The first kappa shape index (κ1) is 39.1. The summed E-state index contributed by atoms with van der Waals surface area (Å²) in [7, 11) is 0. The molecule has 0 atom stereocenters. The quantitative estimate of drug-likeness (QED) is 0.156. The van der Waals surface area contributed by atoms with Crippen molar-refractivity contribution in [2.24, 2.45) is 0 Å². The van der Waals surface area contributed by atoms with Gasteiger partial charge in [0.25, 0.3) is 0 Å². The highest BCUT2D eigenvalue weighted by atomic mass is 127. The van der Waals surface area contributed by atoms with Gasteiger partial charge in [-0.2, -0.15) is 10.2 Å². The van der Waals surface area contributed by atoms with Crippen molar-refractivity contribution in [1.82, 2.24) is 50.5 Å². The average molecular weight is 895 g/mol. The molecule has 4 aromatic heterocycles. The van der Waals surface area contributed by atoms with Crippen molar-refractivity contribution >= 4 is 91.1 Å². The molecule has 2 aliphatic carbocycles. The second-order valence-corrected chi connectivity index (χ2v) is 15.2. The molecule has 2 fully saturated rings. The summed E-state index contributed by atoms with van der Waals surface area (Å²) >= 11 is 4.24. The minimum absolute atomic E-state index is 0. The summed E-state index contributed by atoms with van der Waals surface area (Å²) in [6.45, 7) is 11.0. The Labute approximate surface area is 305 Å². The van der Waals surface area contributed by atoms with Crippen LogP contribution in [-0.2, 0) is 9.47 Å². The van der Waals surface area contributed by atoms with Crippen LogP contribution in [0.25, 0.3) is 22.1 Å². The lowest BCUT2D eigenvalue weighted by molar-refractivity contribution is 0.0303. The summed E-state index contributed by atoms with van der Waals surface area (Å²) in [5.74, 6) is 0.904. The number of alkyl carbamates (subject to hydrolysis) is 2. The number of nitrogens with zero attached hydrogens (tertiary/aromatic N) is 7. The summed E-state index contributed by atoms with van der Waals surface area (Å²) in [4.78, 5) is 39.0. The normalized spacial score (nSPS) is 20.0. The van der Waals surface area contributed by atoms with Gasteiger partial charge in [0, 0.05) is 12.1 Å². The molecule has 48 heavy (non-hydrogen) atoms. The molecule has 0 unspecified atom stereocenters. The molecule has 0 saturated heterocycles. The third-order valence-electron chi connectivity index (χ3n) is 6.83. The molecule has 2 saturated carbocycles. The van der Waals surface area contributed by atoms with E-state index >= 15 is 0 Å². The molecule has 4 aromatic rings. The molecule has 2 amide bonds. The number of H-pyrrole nitrogens is 1. The lowest BCUT2D eigenvalue weighted by atomic mass is 9.87. The number of rotatable bonds is 3. The lowest BCUT2D eigenvalue weighted by Gasteiger charge is -2.36. The molecule has 264 valence electrons. The molecule has 4 heterocycles. The fourth-order valence-corrected chi connectivity index (χ4v) is 6.00. The SMILES string of the molecule is C.CC(C)(C)OC(=O)NC1CC(O)C1.CC(C)(C)OC(=O)NC1CC(n2nc(I)c3c(N)ncnc32)C1.Nc1ncnc2n[nH]c(I)c12. The van der Waals surface area contributed by atoms with Crippen LogP contribution in [-0.4, -0.2) is 86.6 Å². The molecule has 0 bridgehead atoms. The van der Waals surface area contributed by atoms with Gasteiger partial charge >= 0.3 is 12.2 Å². The van der Waals surface area contributed by atoms with Crippen molar-refractivity contribution in [3.63, 3.8) is 0 Å². The summed E-state index contributed by atoms with van der Waals surface area (Å²) in [6, 6.07) is 0.367. The zero-order valence-electron chi connectivity index (χ0n) is 26.9. The van der Waals surface area contributed by atoms with E-state index < -0.39 is 17.3 Å². The standard InChI is InChI=1S/C14H19IN6O2.C9H17NO3.C5H4IN5.CH4/c1-14(2,3)23-13(22)19-7-4-8(5-7)21-12-9(10(15)20-21)11(16)17-6-18-12;1-9(2,3)13-8(12)10-6-4-7(11)5-6;6-3-2-4(7)8-1-9-5(2)11-10-3;/h6-8H,4-5H2,1-3H3,(H,19,22)(H2,16,17,18);6-7,11H,4-5H2,1-3H3,(H,10,12);1H,(H3,7,8,9,10,11);1H4. The Balaban J connectivity index is 0.000000212. The zero-order valence-corrected chi connectivity index (χ0v) is 31.2. The second-order valence-electron chi connectivity index (χ2n) is 13.1. The first-order chi connectivity index (χ1) is 21.9. The van der Waals surface area contributed by atoms with E-state index in [0.717, 1.165) is 36.7 Å². The molecule has 0 radical (unpaired) electrons. The van der Waals surface area contributed by atoms with Crippen molar-refractivity contribution in [2.75, 3.05) is 11.5 Å². The van der Waals surface area contributed by atoms with Crippen LogP contribution < -0.4 is 22.1 Å². The number of nitrogen functional groups attached to an aromatic ring is 2. The largest absolute Gasteiger partial charge is 0.444 e. The third-order valence-corrected chi connectivity index (χ3v) is 8.36. The Morgan fingerprint density at radius 1 is 0.875 bits per heavy atom. The number of ether oxygens (including phenoxy) is 2. The Morgan fingerprint density at radius 2 is 1.38 bits per heavy atom. The van der Waals surface area contributed by atoms with Gasteiger partial charge in [-0.25, -0.2) is 34.2 Å². The number of halogens is 2. The number of hydrogen-bond acceptors (Lipinski definition) is 13. The van der Waals surface area contributed by atoms with Crippen LogP contribution in [0.5, 0.6) is 0 Å². The van der Waals surface area contributed by atoms with Gasteiger partial charge in [-0.3, -0.25) is 5.10 Å². The lowest BCUT2D eigenvalue weighted by Crippen LogP contribution is -2.48. The number of anilines is 2. The predicted octanol–water partition coefficient (Wildman–Crippen LogP) is 4.45. The van der Waals surface area contributed by atoms with E-state index in [2.05, 4.69) is 91.0 Å². The number of aromatic amines is 1. The summed E-state index contributed by atoms with van der Waals surface area (Å²) in [5.41, 5.74) is 11.9. The highest BCUT2D eigenvalue weighted by Crippen LogP contribution is 2.35. The Morgan fingerprint density at radius 3 is 1.88 bits per heavy atom. The van der Waals surface area contributed by atoms with E-state index in [-0.39, 0.29) is 37.7 Å². The van der Waals surface area contributed by atoms with E-state index in [1.165, 1.54) is 12.7 Å². The maximum absolute atomic E-state index is 11.8. The maximum Gasteiger partial charge on any atom is 0.407 e. The number of fused-ring (bicyclic) bond motifs is 2. The number of aliphatic hydroxyl groups is 1. The molecule has 19 heteroatoms.